The summed E-state index contributed by atoms with van der Waals surface area (Å²) >= 11 is 0. The SMILES string of the molecule is N#Cc1cc2c(N)ncnc2[nH]1. The number of hydrogen-bond donors (Lipinski definition) is 2. The molecular formula is C7H5N5. The number of aromatic nitrogens is 3. The predicted molar refractivity (Wildman–Crippen MR) is 43.0 cm³/mol. The Balaban J connectivity index is 2.85. The zero-order valence-corrected chi connectivity index (χ0v) is 6.07. The van der Waals surface area contributed by atoms with E-state index in [0.29, 0.717) is 22.5 Å². The summed E-state index contributed by atoms with van der Waals surface area (Å²) < 4.78 is 0. The lowest BCUT2D eigenvalue weighted by Crippen LogP contribution is -1.90. The Morgan fingerprint density at radius 3 is 3.00 bits per heavy atom. The van der Waals surface area contributed by atoms with Crippen LogP contribution in [-0.2, 0) is 0 Å². The van der Waals surface area contributed by atoms with Crippen LogP contribution in [0.5, 0.6) is 0 Å². The summed E-state index contributed by atoms with van der Waals surface area (Å²) in [5.74, 6) is 0.387. The summed E-state index contributed by atoms with van der Waals surface area (Å²) in [6.45, 7) is 0. The summed E-state index contributed by atoms with van der Waals surface area (Å²) in [5, 5.41) is 9.25. The van der Waals surface area contributed by atoms with Crippen molar-refractivity contribution in [1.82, 2.24) is 15.0 Å². The van der Waals surface area contributed by atoms with E-state index < -0.39 is 0 Å². The van der Waals surface area contributed by atoms with Crippen molar-refractivity contribution >= 4 is 16.9 Å². The number of nitrogens with one attached hydrogen (secondary N) is 1. The molecule has 0 spiro atoms. The van der Waals surface area contributed by atoms with Gasteiger partial charge in [0.15, 0.2) is 0 Å². The number of anilines is 1. The summed E-state index contributed by atoms with van der Waals surface area (Å²) in [5.41, 5.74) is 6.58. The van der Waals surface area contributed by atoms with Crippen molar-refractivity contribution in [2.24, 2.45) is 0 Å². The maximum atomic E-state index is 8.56. The van der Waals surface area contributed by atoms with Gasteiger partial charge in [0.05, 0.1) is 5.39 Å². The lowest BCUT2D eigenvalue weighted by molar-refractivity contribution is 1.20. The van der Waals surface area contributed by atoms with Crippen molar-refractivity contribution in [3.63, 3.8) is 0 Å². The van der Waals surface area contributed by atoms with Crippen molar-refractivity contribution < 1.29 is 0 Å². The minimum atomic E-state index is 0.387. The maximum Gasteiger partial charge on any atom is 0.143 e. The van der Waals surface area contributed by atoms with E-state index in [4.69, 9.17) is 11.0 Å². The number of H-pyrrole nitrogens is 1. The molecule has 0 aliphatic rings. The van der Waals surface area contributed by atoms with Crippen molar-refractivity contribution in [1.29, 1.82) is 5.26 Å². The van der Waals surface area contributed by atoms with Gasteiger partial charge in [-0.15, -0.1) is 0 Å². The molecule has 0 atom stereocenters. The molecule has 5 heteroatoms. The third kappa shape index (κ3) is 0.787. The van der Waals surface area contributed by atoms with Crippen LogP contribution in [0.3, 0.4) is 0 Å². The molecule has 2 rings (SSSR count). The highest BCUT2D eigenvalue weighted by atomic mass is 15.0. The Morgan fingerprint density at radius 1 is 1.50 bits per heavy atom. The molecule has 5 nitrogen and oxygen atoms in total. The number of hydrogen-bond acceptors (Lipinski definition) is 4. The van der Waals surface area contributed by atoms with Crippen LogP contribution in [0.15, 0.2) is 12.4 Å². The van der Waals surface area contributed by atoms with Gasteiger partial charge < -0.3 is 10.7 Å². The summed E-state index contributed by atoms with van der Waals surface area (Å²) in [6, 6.07) is 3.59. The van der Waals surface area contributed by atoms with E-state index in [1.165, 1.54) is 6.33 Å². The van der Waals surface area contributed by atoms with Gasteiger partial charge in [-0.25, -0.2) is 9.97 Å². The number of fused-ring (bicyclic) bond motifs is 1. The highest BCUT2D eigenvalue weighted by molar-refractivity contribution is 5.86. The first-order valence-electron chi connectivity index (χ1n) is 3.30. The number of nitrogens with two attached hydrogens (primary N) is 1. The monoisotopic (exact) mass is 159 g/mol. The average Bonchev–Trinajstić information content (AvgIpc) is 2.49. The Labute approximate surface area is 67.9 Å². The minimum absolute atomic E-state index is 0.387. The fourth-order valence-electron chi connectivity index (χ4n) is 1.02. The second-order valence-electron chi connectivity index (χ2n) is 2.32. The van der Waals surface area contributed by atoms with Gasteiger partial charge in [-0.05, 0) is 6.07 Å². The first-order valence-corrected chi connectivity index (χ1v) is 3.30. The molecule has 0 amide bonds. The van der Waals surface area contributed by atoms with Crippen LogP contribution in [0, 0.1) is 11.3 Å². The van der Waals surface area contributed by atoms with Crippen molar-refractivity contribution in [2.45, 2.75) is 0 Å². The molecule has 3 N–H and O–H groups in total. The highest BCUT2D eigenvalue weighted by Crippen LogP contribution is 2.16. The van der Waals surface area contributed by atoms with Gasteiger partial charge in [0.25, 0.3) is 0 Å². The molecule has 2 heterocycles. The molecule has 0 fully saturated rings. The highest BCUT2D eigenvalue weighted by Gasteiger charge is 2.03. The van der Waals surface area contributed by atoms with E-state index >= 15 is 0 Å². The molecule has 0 aliphatic heterocycles. The lowest BCUT2D eigenvalue weighted by Gasteiger charge is -1.90. The van der Waals surface area contributed by atoms with Crippen molar-refractivity contribution in [3.8, 4) is 6.07 Å². The van der Waals surface area contributed by atoms with E-state index in [1.54, 1.807) is 6.07 Å². The Bertz CT molecular complexity index is 464. The largest absolute Gasteiger partial charge is 0.383 e. The molecule has 58 valence electrons. The Hall–Kier alpha value is -2.09. The van der Waals surface area contributed by atoms with E-state index in [0.717, 1.165) is 0 Å². The number of aromatic amines is 1. The summed E-state index contributed by atoms with van der Waals surface area (Å²) in [4.78, 5) is 10.5. The second kappa shape index (κ2) is 2.20. The van der Waals surface area contributed by atoms with Crippen molar-refractivity contribution in [2.75, 3.05) is 5.73 Å². The van der Waals surface area contributed by atoms with Crippen LogP contribution < -0.4 is 5.73 Å². The Morgan fingerprint density at radius 2 is 2.33 bits per heavy atom. The maximum absolute atomic E-state index is 8.56. The van der Waals surface area contributed by atoms with E-state index in [-0.39, 0.29) is 0 Å². The third-order valence-electron chi connectivity index (χ3n) is 1.58. The van der Waals surface area contributed by atoms with Gasteiger partial charge >= 0.3 is 0 Å². The molecule has 0 saturated heterocycles. The first kappa shape index (κ1) is 6.61. The van der Waals surface area contributed by atoms with Crippen molar-refractivity contribution in [3.05, 3.63) is 18.1 Å². The van der Waals surface area contributed by atoms with Gasteiger partial charge in [-0.3, -0.25) is 0 Å². The quantitative estimate of drug-likeness (QED) is 0.582. The number of nitrogens with zero attached hydrogens (tertiary/aromatic N) is 3. The second-order valence-corrected chi connectivity index (χ2v) is 2.32. The van der Waals surface area contributed by atoms with E-state index in [1.807, 2.05) is 6.07 Å². The van der Waals surface area contributed by atoms with E-state index in [2.05, 4.69) is 15.0 Å². The number of rotatable bonds is 0. The number of nitrogen functional groups attached to an aromatic ring is 1. The van der Waals surface area contributed by atoms with Gasteiger partial charge in [0.2, 0.25) is 0 Å². The smallest absolute Gasteiger partial charge is 0.143 e. The zero-order valence-electron chi connectivity index (χ0n) is 6.07. The van der Waals surface area contributed by atoms with Gasteiger partial charge in [0, 0.05) is 0 Å². The first-order chi connectivity index (χ1) is 5.81. The molecule has 2 aromatic rings. The van der Waals surface area contributed by atoms with Crippen LogP contribution in [-0.4, -0.2) is 15.0 Å². The van der Waals surface area contributed by atoms with Gasteiger partial charge in [-0.1, -0.05) is 0 Å². The van der Waals surface area contributed by atoms with E-state index in [9.17, 15) is 0 Å². The normalized spacial score (nSPS) is 9.92. The third-order valence-corrected chi connectivity index (χ3v) is 1.58. The van der Waals surface area contributed by atoms with Gasteiger partial charge in [-0.2, -0.15) is 5.26 Å². The fourth-order valence-corrected chi connectivity index (χ4v) is 1.02. The minimum Gasteiger partial charge on any atom is -0.383 e. The fraction of sp³-hybridized carbons (Fsp3) is 0. The molecule has 2 aromatic heterocycles. The topological polar surface area (TPSA) is 91.4 Å². The standard InChI is InChI=1S/C7H5N5/c8-2-4-1-5-6(9)10-3-11-7(5)12-4/h1,3H,(H3,9,10,11,12). The molecular weight excluding hydrogens is 154 g/mol. The molecule has 0 unspecified atom stereocenters. The molecule has 0 aromatic carbocycles. The predicted octanol–water partition coefficient (Wildman–Crippen LogP) is 0.412. The Kier molecular flexibility index (Phi) is 1.21. The van der Waals surface area contributed by atoms with Crippen LogP contribution in [0.2, 0.25) is 0 Å². The molecule has 0 aliphatic carbocycles. The molecule has 0 bridgehead atoms. The molecule has 0 radical (unpaired) electrons. The van der Waals surface area contributed by atoms with Gasteiger partial charge in [0.1, 0.15) is 29.6 Å². The molecule has 12 heavy (non-hydrogen) atoms. The van der Waals surface area contributed by atoms with Crippen LogP contribution >= 0.6 is 0 Å². The zero-order chi connectivity index (χ0) is 8.55. The van der Waals surface area contributed by atoms with Crippen LogP contribution in [0.4, 0.5) is 5.82 Å². The van der Waals surface area contributed by atoms with Crippen LogP contribution in [0.25, 0.3) is 11.0 Å². The summed E-state index contributed by atoms with van der Waals surface area (Å²) in [6.07, 6.45) is 1.36. The van der Waals surface area contributed by atoms with Crippen LogP contribution in [0.1, 0.15) is 5.69 Å². The molecule has 0 saturated carbocycles. The number of nitriles is 1. The summed E-state index contributed by atoms with van der Waals surface area (Å²) in [7, 11) is 0. The average molecular weight is 159 g/mol. The lowest BCUT2D eigenvalue weighted by atomic mass is 10.3.